The van der Waals surface area contributed by atoms with E-state index in [9.17, 15) is 14.4 Å². The molecule has 0 saturated heterocycles. The van der Waals surface area contributed by atoms with Gasteiger partial charge in [-0.2, -0.15) is 11.3 Å². The highest BCUT2D eigenvalue weighted by Gasteiger charge is 2.27. The second-order valence-corrected chi connectivity index (χ2v) is 8.73. The number of carbonyl (C=O) groups excluding carboxylic acids is 2. The molecule has 0 aliphatic carbocycles. The van der Waals surface area contributed by atoms with E-state index in [0.717, 1.165) is 5.56 Å². The quantitative estimate of drug-likeness (QED) is 0.600. The molecule has 0 unspecified atom stereocenters. The fourth-order valence-electron chi connectivity index (χ4n) is 4.25. The summed E-state index contributed by atoms with van der Waals surface area (Å²) in [6, 6.07) is 8.60. The summed E-state index contributed by atoms with van der Waals surface area (Å²) in [7, 11) is 1.43. The molecule has 4 heterocycles. The van der Waals surface area contributed by atoms with Gasteiger partial charge in [-0.25, -0.2) is 0 Å². The molecule has 0 atom stereocenters. The number of fused-ring (bicyclic) bond motifs is 2. The number of hydrogen-bond acceptors (Lipinski definition) is 7. The topological polar surface area (TPSA) is 99.1 Å². The standard InChI is InChI=1S/C24H23N3O6S/c1-31-20-11-21(28)27-8-7-26(24(30)16-5-9-34-13-16)6-4-17(27)22(20)23(29)25-12-15-2-3-18-19(10-15)33-14-32-18/h2-3,5,9-11,13H,4,6-8,12,14H2,1H3,(H,25,29). The summed E-state index contributed by atoms with van der Waals surface area (Å²) >= 11 is 1.46. The molecule has 2 aliphatic rings. The molecule has 176 valence electrons. The van der Waals surface area contributed by atoms with Gasteiger partial charge in [-0.05, 0) is 29.1 Å². The lowest BCUT2D eigenvalue weighted by molar-refractivity contribution is 0.0759. The Morgan fingerprint density at radius 2 is 1.97 bits per heavy atom. The zero-order valence-electron chi connectivity index (χ0n) is 18.5. The van der Waals surface area contributed by atoms with E-state index in [1.165, 1.54) is 24.5 Å². The summed E-state index contributed by atoms with van der Waals surface area (Å²) in [5.41, 5.74) is 2.09. The average Bonchev–Trinajstić information content (AvgIpc) is 3.50. The number of benzene rings is 1. The summed E-state index contributed by atoms with van der Waals surface area (Å²) < 4.78 is 17.7. The second-order valence-electron chi connectivity index (χ2n) is 7.95. The molecule has 0 bridgehead atoms. The molecule has 1 aromatic carbocycles. The molecule has 0 saturated carbocycles. The van der Waals surface area contributed by atoms with E-state index >= 15 is 0 Å². The van der Waals surface area contributed by atoms with Gasteiger partial charge in [0, 0.05) is 49.7 Å². The van der Waals surface area contributed by atoms with Gasteiger partial charge in [0.05, 0.1) is 12.7 Å². The minimum Gasteiger partial charge on any atom is -0.496 e. The van der Waals surface area contributed by atoms with Crippen LogP contribution >= 0.6 is 11.3 Å². The minimum atomic E-state index is -0.351. The van der Waals surface area contributed by atoms with Crippen LogP contribution in [0.15, 0.2) is 45.9 Å². The predicted molar refractivity (Wildman–Crippen MR) is 125 cm³/mol. The Hall–Kier alpha value is -3.79. The molecule has 1 N–H and O–H groups in total. The highest BCUT2D eigenvalue weighted by atomic mass is 32.1. The molecule has 3 aromatic rings. The zero-order valence-corrected chi connectivity index (χ0v) is 19.4. The zero-order chi connectivity index (χ0) is 23.7. The van der Waals surface area contributed by atoms with E-state index in [1.807, 2.05) is 22.9 Å². The number of aromatic nitrogens is 1. The fraction of sp³-hybridized carbons (Fsp3) is 0.292. The van der Waals surface area contributed by atoms with Gasteiger partial charge in [0.2, 0.25) is 6.79 Å². The summed E-state index contributed by atoms with van der Waals surface area (Å²) in [5, 5.41) is 6.59. The summed E-state index contributed by atoms with van der Waals surface area (Å²) in [6.45, 7) is 1.52. The van der Waals surface area contributed by atoms with Gasteiger partial charge >= 0.3 is 0 Å². The van der Waals surface area contributed by atoms with Crippen LogP contribution in [-0.4, -0.2) is 48.3 Å². The Morgan fingerprint density at radius 3 is 2.76 bits per heavy atom. The molecule has 5 rings (SSSR count). The van der Waals surface area contributed by atoms with Gasteiger partial charge in [-0.3, -0.25) is 14.4 Å². The van der Waals surface area contributed by atoms with Gasteiger partial charge in [-0.1, -0.05) is 6.07 Å². The molecule has 0 fully saturated rings. The van der Waals surface area contributed by atoms with E-state index in [4.69, 9.17) is 14.2 Å². The van der Waals surface area contributed by atoms with E-state index in [-0.39, 0.29) is 36.5 Å². The average molecular weight is 482 g/mol. The number of pyridine rings is 1. The Labute approximate surface area is 199 Å². The maximum atomic E-state index is 13.3. The van der Waals surface area contributed by atoms with Crippen molar-refractivity contribution in [2.24, 2.45) is 0 Å². The Kier molecular flexibility index (Phi) is 5.97. The lowest BCUT2D eigenvalue weighted by Crippen LogP contribution is -2.34. The lowest BCUT2D eigenvalue weighted by Gasteiger charge is -2.19. The number of amides is 2. The maximum Gasteiger partial charge on any atom is 0.257 e. The molecule has 0 radical (unpaired) electrons. The smallest absolute Gasteiger partial charge is 0.257 e. The van der Waals surface area contributed by atoms with Gasteiger partial charge in [-0.15, -0.1) is 0 Å². The summed E-state index contributed by atoms with van der Waals surface area (Å²) in [6.07, 6.45) is 0.356. The van der Waals surface area contributed by atoms with Crippen LogP contribution < -0.4 is 25.1 Å². The lowest BCUT2D eigenvalue weighted by atomic mass is 10.1. The van der Waals surface area contributed by atoms with Crippen molar-refractivity contribution < 1.29 is 23.8 Å². The van der Waals surface area contributed by atoms with Crippen LogP contribution in [0.1, 0.15) is 32.0 Å². The Morgan fingerprint density at radius 1 is 1.12 bits per heavy atom. The van der Waals surface area contributed by atoms with E-state index < -0.39 is 0 Å². The normalized spacial score (nSPS) is 14.3. The van der Waals surface area contributed by atoms with Gasteiger partial charge in [0.15, 0.2) is 11.5 Å². The maximum absolute atomic E-state index is 13.3. The largest absolute Gasteiger partial charge is 0.496 e. The van der Waals surface area contributed by atoms with Crippen molar-refractivity contribution in [3.63, 3.8) is 0 Å². The summed E-state index contributed by atoms with van der Waals surface area (Å²) in [5.74, 6) is 1.10. The van der Waals surface area contributed by atoms with Gasteiger partial charge < -0.3 is 29.0 Å². The van der Waals surface area contributed by atoms with Crippen molar-refractivity contribution in [2.75, 3.05) is 27.0 Å². The molecule has 2 aromatic heterocycles. The summed E-state index contributed by atoms with van der Waals surface area (Å²) in [4.78, 5) is 40.6. The fourth-order valence-corrected chi connectivity index (χ4v) is 4.88. The third-order valence-electron chi connectivity index (χ3n) is 5.99. The van der Waals surface area contributed by atoms with Crippen molar-refractivity contribution in [3.8, 4) is 17.2 Å². The Bertz CT molecular complexity index is 1300. The number of nitrogens with zero attached hydrogens (tertiary/aromatic N) is 2. The van der Waals surface area contributed by atoms with Crippen LogP contribution in [-0.2, 0) is 19.5 Å². The van der Waals surface area contributed by atoms with Crippen LogP contribution in [0.25, 0.3) is 0 Å². The van der Waals surface area contributed by atoms with Gasteiger partial charge in [0.25, 0.3) is 17.4 Å². The third kappa shape index (κ3) is 4.12. The van der Waals surface area contributed by atoms with E-state index in [0.29, 0.717) is 54.4 Å². The highest BCUT2D eigenvalue weighted by Crippen LogP contribution is 2.32. The van der Waals surface area contributed by atoms with Crippen LogP contribution in [0.3, 0.4) is 0 Å². The molecular weight excluding hydrogens is 458 g/mol. The van der Waals surface area contributed by atoms with Crippen molar-refractivity contribution in [2.45, 2.75) is 19.5 Å². The van der Waals surface area contributed by atoms with Crippen LogP contribution in [0, 0.1) is 0 Å². The minimum absolute atomic E-state index is 0.0807. The first-order chi connectivity index (χ1) is 16.5. The molecule has 0 spiro atoms. The van der Waals surface area contributed by atoms with Crippen molar-refractivity contribution >= 4 is 23.2 Å². The first-order valence-corrected chi connectivity index (χ1v) is 11.8. The number of hydrogen-bond donors (Lipinski definition) is 1. The third-order valence-corrected chi connectivity index (χ3v) is 6.67. The first-order valence-electron chi connectivity index (χ1n) is 10.8. The van der Waals surface area contributed by atoms with Crippen molar-refractivity contribution in [1.29, 1.82) is 0 Å². The molecule has 9 nitrogen and oxygen atoms in total. The number of carbonyl (C=O) groups is 2. The molecule has 2 amide bonds. The van der Waals surface area contributed by atoms with Gasteiger partial charge in [0.1, 0.15) is 11.3 Å². The molecule has 2 aliphatic heterocycles. The van der Waals surface area contributed by atoms with Crippen LogP contribution in [0.4, 0.5) is 0 Å². The monoisotopic (exact) mass is 481 g/mol. The van der Waals surface area contributed by atoms with Crippen molar-refractivity contribution in [1.82, 2.24) is 14.8 Å². The number of thiophene rings is 1. The van der Waals surface area contributed by atoms with Crippen LogP contribution in [0.2, 0.25) is 0 Å². The van der Waals surface area contributed by atoms with E-state index in [2.05, 4.69) is 5.32 Å². The number of ether oxygens (including phenoxy) is 3. The first kappa shape index (κ1) is 22.0. The van der Waals surface area contributed by atoms with E-state index in [1.54, 1.807) is 21.6 Å². The number of rotatable bonds is 5. The predicted octanol–water partition coefficient (Wildman–Crippen LogP) is 2.28. The number of methoxy groups -OCH3 is 1. The highest BCUT2D eigenvalue weighted by molar-refractivity contribution is 7.08. The van der Waals surface area contributed by atoms with Crippen molar-refractivity contribution in [3.05, 3.63) is 73.8 Å². The van der Waals surface area contributed by atoms with Crippen LogP contribution in [0.5, 0.6) is 17.2 Å². The molecule has 34 heavy (non-hydrogen) atoms. The number of nitrogens with one attached hydrogen (secondary N) is 1. The molecule has 10 heteroatoms. The molecular formula is C24H23N3O6S. The SMILES string of the molecule is COc1cc(=O)n2c(c1C(=O)NCc1ccc3c(c1)OCO3)CCN(C(=O)c1ccsc1)CC2. The second kappa shape index (κ2) is 9.22. The Balaban J connectivity index is 1.39.